The number of benzene rings is 1. The molecule has 0 radical (unpaired) electrons. The van der Waals surface area contributed by atoms with Gasteiger partial charge >= 0.3 is 6.03 Å². The second kappa shape index (κ2) is 4.35. The summed E-state index contributed by atoms with van der Waals surface area (Å²) in [5.41, 5.74) is 0.411. The Balaban J connectivity index is 2.63. The van der Waals surface area contributed by atoms with Crippen LogP contribution in [0.3, 0.4) is 0 Å². The summed E-state index contributed by atoms with van der Waals surface area (Å²) in [7, 11) is 0. The van der Waals surface area contributed by atoms with Crippen LogP contribution in [0.1, 0.15) is 6.92 Å². The van der Waals surface area contributed by atoms with Crippen LogP contribution in [0.15, 0.2) is 24.3 Å². The van der Waals surface area contributed by atoms with Gasteiger partial charge in [-0.05, 0) is 19.1 Å². The van der Waals surface area contributed by atoms with E-state index in [4.69, 9.17) is 0 Å². The Hall–Kier alpha value is -1.71. The van der Waals surface area contributed by atoms with E-state index in [1.807, 2.05) is 6.92 Å². The quantitative estimate of drug-likeness (QED) is 0.604. The lowest BCUT2D eigenvalue weighted by Crippen LogP contribution is -2.28. The van der Waals surface area contributed by atoms with Crippen LogP contribution in [0.4, 0.5) is 10.5 Å². The Morgan fingerprint density at radius 3 is 2.77 bits per heavy atom. The summed E-state index contributed by atoms with van der Waals surface area (Å²) in [6.45, 7) is 2.38. The minimum atomic E-state index is -0.316. The number of nitrogens with one attached hydrogen (secondary N) is 2. The Morgan fingerprint density at radius 2 is 2.15 bits per heavy atom. The first-order chi connectivity index (χ1) is 6.24. The number of rotatable bonds is 2. The first kappa shape index (κ1) is 9.38. The van der Waals surface area contributed by atoms with Gasteiger partial charge in [-0.3, -0.25) is 0 Å². The predicted octanol–water partition coefficient (Wildman–Crippen LogP) is 1.53. The van der Waals surface area contributed by atoms with Crippen molar-refractivity contribution < 1.29 is 9.90 Å². The average molecular weight is 180 g/mol. The highest BCUT2D eigenvalue weighted by molar-refractivity contribution is 5.90. The molecule has 1 aromatic carbocycles. The molecule has 1 aromatic rings. The maximum Gasteiger partial charge on any atom is 0.319 e. The highest BCUT2D eigenvalue weighted by atomic mass is 16.3. The van der Waals surface area contributed by atoms with E-state index in [9.17, 15) is 9.90 Å². The van der Waals surface area contributed by atoms with Crippen molar-refractivity contribution in [2.45, 2.75) is 6.92 Å². The summed E-state index contributed by atoms with van der Waals surface area (Å²) in [5.74, 6) is 0.0637. The van der Waals surface area contributed by atoms with E-state index in [0.29, 0.717) is 12.2 Å². The van der Waals surface area contributed by atoms with E-state index in [1.165, 1.54) is 6.07 Å². The van der Waals surface area contributed by atoms with Crippen molar-refractivity contribution in [1.82, 2.24) is 5.32 Å². The van der Waals surface area contributed by atoms with Crippen LogP contribution >= 0.6 is 0 Å². The van der Waals surface area contributed by atoms with Gasteiger partial charge < -0.3 is 15.7 Å². The number of urea groups is 1. The third-order valence-electron chi connectivity index (χ3n) is 1.49. The molecule has 1 rings (SSSR count). The van der Waals surface area contributed by atoms with Crippen molar-refractivity contribution >= 4 is 11.7 Å². The molecule has 0 aromatic heterocycles. The maximum atomic E-state index is 11.0. The normalized spacial score (nSPS) is 9.31. The Bertz CT molecular complexity index is 299. The molecule has 13 heavy (non-hydrogen) atoms. The van der Waals surface area contributed by atoms with Crippen LogP contribution in [0.5, 0.6) is 5.75 Å². The molecule has 0 unspecified atom stereocenters. The third kappa shape index (κ3) is 2.66. The van der Waals surface area contributed by atoms with Crippen molar-refractivity contribution in [2.75, 3.05) is 11.9 Å². The van der Waals surface area contributed by atoms with E-state index in [2.05, 4.69) is 10.6 Å². The predicted molar refractivity (Wildman–Crippen MR) is 50.8 cm³/mol. The number of phenols is 1. The van der Waals surface area contributed by atoms with Gasteiger partial charge in [-0.25, -0.2) is 4.79 Å². The van der Waals surface area contributed by atoms with Crippen LogP contribution < -0.4 is 10.6 Å². The molecule has 3 N–H and O–H groups in total. The molecule has 0 spiro atoms. The summed E-state index contributed by atoms with van der Waals surface area (Å²) < 4.78 is 0. The minimum Gasteiger partial charge on any atom is -0.506 e. The lowest BCUT2D eigenvalue weighted by molar-refractivity contribution is 0.252. The van der Waals surface area contributed by atoms with Gasteiger partial charge in [0.1, 0.15) is 5.75 Å². The van der Waals surface area contributed by atoms with E-state index >= 15 is 0 Å². The van der Waals surface area contributed by atoms with Gasteiger partial charge in [-0.1, -0.05) is 12.1 Å². The zero-order valence-corrected chi connectivity index (χ0v) is 7.37. The Labute approximate surface area is 76.6 Å². The largest absolute Gasteiger partial charge is 0.506 e. The minimum absolute atomic E-state index is 0.0637. The molecule has 4 heteroatoms. The van der Waals surface area contributed by atoms with Crippen molar-refractivity contribution in [3.8, 4) is 5.75 Å². The van der Waals surface area contributed by atoms with E-state index in [0.717, 1.165) is 0 Å². The Morgan fingerprint density at radius 1 is 1.46 bits per heavy atom. The van der Waals surface area contributed by atoms with Crippen molar-refractivity contribution in [2.24, 2.45) is 0 Å². The highest BCUT2D eigenvalue weighted by Crippen LogP contribution is 2.20. The molecule has 0 bridgehead atoms. The van der Waals surface area contributed by atoms with E-state index < -0.39 is 0 Å². The molecule has 2 amide bonds. The van der Waals surface area contributed by atoms with E-state index in [-0.39, 0.29) is 11.8 Å². The molecule has 0 saturated carbocycles. The molecule has 0 saturated heterocycles. The number of aromatic hydroxyl groups is 1. The summed E-state index contributed by atoms with van der Waals surface area (Å²) in [5, 5.41) is 14.4. The molecule has 0 atom stereocenters. The average Bonchev–Trinajstić information content (AvgIpc) is 2.09. The van der Waals surface area contributed by atoms with Gasteiger partial charge in [0.15, 0.2) is 0 Å². The van der Waals surface area contributed by atoms with E-state index in [1.54, 1.807) is 18.2 Å². The van der Waals surface area contributed by atoms with Gasteiger partial charge in [0.2, 0.25) is 0 Å². The highest BCUT2D eigenvalue weighted by Gasteiger charge is 2.02. The molecular formula is C9H12N2O2. The molecular weight excluding hydrogens is 168 g/mol. The molecule has 0 fully saturated rings. The second-order valence-corrected chi connectivity index (χ2v) is 2.50. The van der Waals surface area contributed by atoms with Gasteiger partial charge in [0.05, 0.1) is 5.69 Å². The maximum absolute atomic E-state index is 11.0. The van der Waals surface area contributed by atoms with Crippen LogP contribution in [-0.4, -0.2) is 17.7 Å². The monoisotopic (exact) mass is 180 g/mol. The summed E-state index contributed by atoms with van der Waals surface area (Å²) in [6, 6.07) is 6.26. The second-order valence-electron chi connectivity index (χ2n) is 2.50. The molecule has 70 valence electrons. The fourth-order valence-electron chi connectivity index (χ4n) is 0.906. The number of carbonyl (C=O) groups excluding carboxylic acids is 1. The molecule has 0 aliphatic heterocycles. The number of anilines is 1. The lowest BCUT2D eigenvalue weighted by atomic mass is 10.3. The fourth-order valence-corrected chi connectivity index (χ4v) is 0.906. The molecule has 0 aliphatic rings. The van der Waals surface area contributed by atoms with Gasteiger partial charge in [0, 0.05) is 6.54 Å². The fraction of sp³-hybridized carbons (Fsp3) is 0.222. The SMILES string of the molecule is CCNC(=O)Nc1ccccc1O. The Kier molecular flexibility index (Phi) is 3.14. The van der Waals surface area contributed by atoms with Gasteiger partial charge in [-0.2, -0.15) is 0 Å². The van der Waals surface area contributed by atoms with Crippen molar-refractivity contribution in [1.29, 1.82) is 0 Å². The van der Waals surface area contributed by atoms with Crippen LogP contribution in [0.2, 0.25) is 0 Å². The number of amides is 2. The number of hydrogen-bond donors (Lipinski definition) is 3. The molecule has 4 nitrogen and oxygen atoms in total. The first-order valence-corrected chi connectivity index (χ1v) is 4.07. The topological polar surface area (TPSA) is 61.4 Å². The number of phenolic OH excluding ortho intramolecular Hbond substituents is 1. The summed E-state index contributed by atoms with van der Waals surface area (Å²) in [6.07, 6.45) is 0. The van der Waals surface area contributed by atoms with Crippen LogP contribution in [-0.2, 0) is 0 Å². The van der Waals surface area contributed by atoms with Crippen LogP contribution in [0.25, 0.3) is 0 Å². The molecule has 0 aliphatic carbocycles. The summed E-state index contributed by atoms with van der Waals surface area (Å²) >= 11 is 0. The van der Waals surface area contributed by atoms with Crippen LogP contribution in [0, 0.1) is 0 Å². The number of carbonyl (C=O) groups is 1. The number of hydrogen-bond acceptors (Lipinski definition) is 2. The van der Waals surface area contributed by atoms with Gasteiger partial charge in [0.25, 0.3) is 0 Å². The van der Waals surface area contributed by atoms with Gasteiger partial charge in [-0.15, -0.1) is 0 Å². The number of para-hydroxylation sites is 2. The zero-order valence-electron chi connectivity index (χ0n) is 7.37. The van der Waals surface area contributed by atoms with Crippen molar-refractivity contribution in [3.63, 3.8) is 0 Å². The lowest BCUT2D eigenvalue weighted by Gasteiger charge is -2.06. The summed E-state index contributed by atoms with van der Waals surface area (Å²) in [4.78, 5) is 11.0. The zero-order chi connectivity index (χ0) is 9.68. The smallest absolute Gasteiger partial charge is 0.319 e. The first-order valence-electron chi connectivity index (χ1n) is 4.07. The third-order valence-corrected chi connectivity index (χ3v) is 1.49. The molecule has 0 heterocycles. The standard InChI is InChI=1S/C9H12N2O2/c1-2-10-9(13)11-7-5-3-4-6-8(7)12/h3-6,12H,2H2,1H3,(H2,10,11,13). The van der Waals surface area contributed by atoms with Crippen molar-refractivity contribution in [3.05, 3.63) is 24.3 Å².